The molecule has 0 spiro atoms. The highest BCUT2D eigenvalue weighted by Crippen LogP contribution is 2.34. The van der Waals surface area contributed by atoms with Crippen molar-refractivity contribution in [1.82, 2.24) is 14.5 Å². The van der Waals surface area contributed by atoms with Gasteiger partial charge in [-0.3, -0.25) is 9.36 Å². The van der Waals surface area contributed by atoms with Gasteiger partial charge in [0.15, 0.2) is 0 Å². The van der Waals surface area contributed by atoms with Gasteiger partial charge in [-0.05, 0) is 29.7 Å². The molecule has 0 unspecified atom stereocenters. The number of rotatable bonds is 4. The van der Waals surface area contributed by atoms with E-state index in [2.05, 4.69) is 55.3 Å². The lowest BCUT2D eigenvalue weighted by Gasteiger charge is -2.26. The largest absolute Gasteiger partial charge is 0.280 e. The molecule has 0 atom stereocenters. The fourth-order valence-electron chi connectivity index (χ4n) is 4.13. The third-order valence-electron chi connectivity index (χ3n) is 5.00. The fraction of sp³-hybridized carbons (Fsp3) is 0.375. The number of aromatic nitrogens is 3. The first-order chi connectivity index (χ1) is 15.6. The molecule has 0 aliphatic heterocycles. The summed E-state index contributed by atoms with van der Waals surface area (Å²) >= 11 is 12.8. The number of hydrogen-bond acceptors (Lipinski definition) is 5. The minimum Gasteiger partial charge on any atom is -0.280 e. The van der Waals surface area contributed by atoms with Gasteiger partial charge in [0.1, 0.15) is 13.7 Å². The Labute approximate surface area is 211 Å². The Kier molecular flexibility index (Phi) is 7.35. The molecular formula is C24H27Cl2N3O3SSi. The van der Waals surface area contributed by atoms with Crippen molar-refractivity contribution in [3.63, 3.8) is 0 Å². The second-order valence-electron chi connectivity index (χ2n) is 10.2. The van der Waals surface area contributed by atoms with Crippen LogP contribution in [0.2, 0.25) is 29.2 Å². The Balaban J connectivity index is 2.26. The molecule has 2 heterocycles. The summed E-state index contributed by atoms with van der Waals surface area (Å²) < 4.78 is 25.5. The fourth-order valence-corrected chi connectivity index (χ4v) is 8.53. The molecule has 34 heavy (non-hydrogen) atoms. The number of fused-ring (bicyclic) bond motifs is 1. The van der Waals surface area contributed by atoms with Crippen molar-refractivity contribution in [1.29, 1.82) is 0 Å². The molecule has 6 nitrogen and oxygen atoms in total. The third kappa shape index (κ3) is 6.08. The van der Waals surface area contributed by atoms with Crippen molar-refractivity contribution < 1.29 is 8.42 Å². The van der Waals surface area contributed by atoms with Gasteiger partial charge in [0.05, 0.1) is 22.2 Å². The SMILES string of the molecule is CC(C)(C)C[Si](C)(C)C#CCn1c(=O)c(-c2c(Cl)cccc2Cl)cc2cnc(S(C)(=O)=O)nc21. The summed E-state index contributed by atoms with van der Waals surface area (Å²) in [5.74, 6) is 3.16. The lowest BCUT2D eigenvalue weighted by molar-refractivity contribution is 0.462. The molecule has 1 aromatic carbocycles. The van der Waals surface area contributed by atoms with Gasteiger partial charge in [-0.2, -0.15) is 4.98 Å². The Morgan fingerprint density at radius 3 is 2.32 bits per heavy atom. The molecule has 0 aliphatic rings. The normalized spacial score (nSPS) is 12.5. The molecule has 0 amide bonds. The van der Waals surface area contributed by atoms with E-state index in [4.69, 9.17) is 23.2 Å². The number of sulfone groups is 1. The Morgan fingerprint density at radius 1 is 1.15 bits per heavy atom. The maximum Gasteiger partial charge on any atom is 0.261 e. The lowest BCUT2D eigenvalue weighted by atomic mass is 10.0. The van der Waals surface area contributed by atoms with E-state index >= 15 is 0 Å². The highest BCUT2D eigenvalue weighted by molar-refractivity contribution is 7.90. The van der Waals surface area contributed by atoms with Crippen molar-refractivity contribution in [2.24, 2.45) is 5.41 Å². The lowest BCUT2D eigenvalue weighted by Crippen LogP contribution is -2.30. The van der Waals surface area contributed by atoms with Gasteiger partial charge in [0, 0.05) is 23.4 Å². The second kappa shape index (κ2) is 9.46. The summed E-state index contributed by atoms with van der Waals surface area (Å²) in [5.41, 5.74) is 3.99. The van der Waals surface area contributed by atoms with Crippen LogP contribution in [0.15, 0.2) is 40.4 Å². The predicted octanol–water partition coefficient (Wildman–Crippen LogP) is 5.47. The standard InChI is InChI=1S/C24H27Cl2N3O3SSi/c1-24(2,3)15-34(5,6)12-8-11-29-21-16(14-27-23(28-21)33(4,31)32)13-17(22(29)30)20-18(25)9-7-10-19(20)26/h7,9-10,13-14H,11,15H2,1-6H3. The maximum atomic E-state index is 13.6. The molecule has 0 aliphatic carbocycles. The first kappa shape index (κ1) is 26.4. The van der Waals surface area contributed by atoms with E-state index in [1.54, 1.807) is 24.3 Å². The molecule has 0 saturated carbocycles. The van der Waals surface area contributed by atoms with Crippen LogP contribution in [0.25, 0.3) is 22.2 Å². The minimum absolute atomic E-state index is 0.0477. The molecule has 3 aromatic rings. The van der Waals surface area contributed by atoms with Crippen LogP contribution >= 0.6 is 23.2 Å². The summed E-state index contributed by atoms with van der Waals surface area (Å²) in [6, 6.07) is 7.58. The second-order valence-corrected chi connectivity index (χ2v) is 17.3. The first-order valence-electron chi connectivity index (χ1n) is 10.6. The van der Waals surface area contributed by atoms with Crippen LogP contribution in [0.5, 0.6) is 0 Å². The minimum atomic E-state index is -3.67. The van der Waals surface area contributed by atoms with E-state index in [1.165, 1.54) is 10.8 Å². The molecule has 0 fully saturated rings. The number of nitrogens with zero attached hydrogens (tertiary/aromatic N) is 3. The van der Waals surface area contributed by atoms with E-state index in [0.717, 1.165) is 12.3 Å². The Bertz CT molecular complexity index is 1480. The molecule has 2 aromatic heterocycles. The highest BCUT2D eigenvalue weighted by atomic mass is 35.5. The van der Waals surface area contributed by atoms with Crippen molar-refractivity contribution in [2.45, 2.75) is 51.6 Å². The molecule has 0 bridgehead atoms. The van der Waals surface area contributed by atoms with Crippen LogP contribution in [-0.2, 0) is 16.4 Å². The van der Waals surface area contributed by atoms with E-state index in [1.807, 2.05) is 0 Å². The third-order valence-corrected chi connectivity index (χ3v) is 9.29. The van der Waals surface area contributed by atoms with Gasteiger partial charge in [-0.25, -0.2) is 13.4 Å². The van der Waals surface area contributed by atoms with Crippen LogP contribution in [0, 0.1) is 16.9 Å². The smallest absolute Gasteiger partial charge is 0.261 e. The number of halogens is 2. The molecule has 180 valence electrons. The highest BCUT2D eigenvalue weighted by Gasteiger charge is 2.26. The van der Waals surface area contributed by atoms with Gasteiger partial charge >= 0.3 is 0 Å². The Hall–Kier alpha value is -2.18. The van der Waals surface area contributed by atoms with Crippen LogP contribution in [0.1, 0.15) is 20.8 Å². The number of benzene rings is 1. The molecule has 10 heteroatoms. The average Bonchev–Trinajstić information content (AvgIpc) is 2.67. The average molecular weight is 537 g/mol. The molecular weight excluding hydrogens is 509 g/mol. The van der Waals surface area contributed by atoms with E-state index in [0.29, 0.717) is 21.0 Å². The van der Waals surface area contributed by atoms with Gasteiger partial charge in [-0.15, -0.1) is 5.54 Å². The number of pyridine rings is 1. The zero-order chi connectivity index (χ0) is 25.5. The van der Waals surface area contributed by atoms with Gasteiger partial charge in [-0.1, -0.05) is 69.1 Å². The summed E-state index contributed by atoms with van der Waals surface area (Å²) in [4.78, 5) is 21.8. The molecule has 0 N–H and O–H groups in total. The van der Waals surface area contributed by atoms with Crippen molar-refractivity contribution in [2.75, 3.05) is 6.26 Å². The summed E-state index contributed by atoms with van der Waals surface area (Å²) in [7, 11) is -5.53. The van der Waals surface area contributed by atoms with Crippen LogP contribution in [0.3, 0.4) is 0 Å². The monoisotopic (exact) mass is 535 g/mol. The van der Waals surface area contributed by atoms with E-state index in [9.17, 15) is 13.2 Å². The zero-order valence-corrected chi connectivity index (χ0v) is 23.4. The quantitative estimate of drug-likeness (QED) is 0.251. The maximum absolute atomic E-state index is 13.6. The van der Waals surface area contributed by atoms with Crippen LogP contribution in [0.4, 0.5) is 0 Å². The topological polar surface area (TPSA) is 81.9 Å². The Morgan fingerprint density at radius 2 is 1.76 bits per heavy atom. The van der Waals surface area contributed by atoms with Crippen molar-refractivity contribution in [3.05, 3.63) is 50.9 Å². The molecule has 0 radical (unpaired) electrons. The van der Waals surface area contributed by atoms with Crippen molar-refractivity contribution >= 4 is 52.1 Å². The van der Waals surface area contributed by atoms with Crippen molar-refractivity contribution in [3.8, 4) is 22.6 Å². The van der Waals surface area contributed by atoms with E-state index in [-0.39, 0.29) is 28.3 Å². The summed E-state index contributed by atoms with van der Waals surface area (Å²) in [5, 5.41) is 0.779. The predicted molar refractivity (Wildman–Crippen MR) is 142 cm³/mol. The first-order valence-corrected chi connectivity index (χ1v) is 16.5. The molecule has 3 rings (SSSR count). The summed E-state index contributed by atoms with van der Waals surface area (Å²) in [6.07, 6.45) is 2.41. The van der Waals surface area contributed by atoms with Crippen LogP contribution in [-0.4, -0.2) is 37.3 Å². The van der Waals surface area contributed by atoms with Gasteiger partial charge in [0.25, 0.3) is 5.56 Å². The van der Waals surface area contributed by atoms with Gasteiger partial charge < -0.3 is 0 Å². The zero-order valence-electron chi connectivity index (χ0n) is 20.0. The number of hydrogen-bond donors (Lipinski definition) is 0. The molecule has 0 saturated heterocycles. The van der Waals surface area contributed by atoms with E-state index < -0.39 is 23.5 Å². The summed E-state index contributed by atoms with van der Waals surface area (Å²) in [6.45, 7) is 11.0. The van der Waals surface area contributed by atoms with Crippen LogP contribution < -0.4 is 5.56 Å². The van der Waals surface area contributed by atoms with Gasteiger partial charge in [0.2, 0.25) is 15.0 Å².